The topological polar surface area (TPSA) is 47.9 Å². The fourth-order valence-corrected chi connectivity index (χ4v) is 1.18. The molecule has 0 rings (SSSR count). The predicted octanol–water partition coefficient (Wildman–Crippen LogP) is 1.61. The van der Waals surface area contributed by atoms with Crippen LogP contribution in [0.2, 0.25) is 0 Å². The summed E-state index contributed by atoms with van der Waals surface area (Å²) in [7, 11) is 0. The Hall–Kier alpha value is -0.160. The highest BCUT2D eigenvalue weighted by atomic mass is 16.5. The summed E-state index contributed by atoms with van der Waals surface area (Å²) < 4.78 is 15.9. The van der Waals surface area contributed by atoms with Crippen molar-refractivity contribution in [1.29, 1.82) is 0 Å². The highest BCUT2D eigenvalue weighted by Gasteiger charge is 1.91. The smallest absolute Gasteiger partial charge is 0.0701 e. The van der Waals surface area contributed by atoms with Crippen LogP contribution in [-0.2, 0) is 14.2 Å². The zero-order valence-electron chi connectivity index (χ0n) is 10.5. The molecule has 0 amide bonds. The molecule has 0 heterocycles. The molecule has 4 heteroatoms. The van der Waals surface area contributed by atoms with Crippen LogP contribution in [0, 0.1) is 0 Å². The Balaban J connectivity index is 2.83. The number of rotatable bonds is 13. The Bertz CT molecular complexity index is 106. The lowest BCUT2D eigenvalue weighted by Crippen LogP contribution is -2.10. The molecule has 98 valence electrons. The average molecular weight is 234 g/mol. The summed E-state index contributed by atoms with van der Waals surface area (Å²) in [6.45, 7) is 6.54. The normalized spacial score (nSPS) is 10.9. The number of aliphatic hydroxyl groups is 1. The Labute approximate surface area is 98.9 Å². The highest BCUT2D eigenvalue weighted by molar-refractivity contribution is 4.39. The second kappa shape index (κ2) is 14.8. The van der Waals surface area contributed by atoms with E-state index in [4.69, 9.17) is 19.3 Å². The molecule has 0 aliphatic heterocycles. The van der Waals surface area contributed by atoms with Gasteiger partial charge in [-0.2, -0.15) is 0 Å². The quantitative estimate of drug-likeness (QED) is 0.492. The van der Waals surface area contributed by atoms with Gasteiger partial charge in [0.05, 0.1) is 26.4 Å². The van der Waals surface area contributed by atoms with E-state index in [1.165, 1.54) is 0 Å². The molecule has 16 heavy (non-hydrogen) atoms. The van der Waals surface area contributed by atoms with Crippen LogP contribution < -0.4 is 0 Å². The van der Waals surface area contributed by atoms with Gasteiger partial charge in [0.2, 0.25) is 0 Å². The fourth-order valence-electron chi connectivity index (χ4n) is 1.18. The summed E-state index contributed by atoms with van der Waals surface area (Å²) in [4.78, 5) is 0. The molecule has 0 aromatic carbocycles. The summed E-state index contributed by atoms with van der Waals surface area (Å²) in [5.41, 5.74) is 0. The summed E-state index contributed by atoms with van der Waals surface area (Å²) in [6, 6.07) is 0. The zero-order chi connectivity index (χ0) is 11.9. The van der Waals surface area contributed by atoms with Crippen molar-refractivity contribution >= 4 is 0 Å². The second-order valence-electron chi connectivity index (χ2n) is 3.62. The van der Waals surface area contributed by atoms with E-state index in [-0.39, 0.29) is 6.61 Å². The van der Waals surface area contributed by atoms with Crippen LogP contribution in [-0.4, -0.2) is 51.4 Å². The molecule has 0 fully saturated rings. The van der Waals surface area contributed by atoms with Crippen molar-refractivity contribution in [3.8, 4) is 0 Å². The lowest BCUT2D eigenvalue weighted by atomic mass is 10.2. The van der Waals surface area contributed by atoms with Crippen molar-refractivity contribution in [2.45, 2.75) is 32.6 Å². The maximum atomic E-state index is 8.55. The van der Waals surface area contributed by atoms with Crippen molar-refractivity contribution in [2.24, 2.45) is 0 Å². The summed E-state index contributed by atoms with van der Waals surface area (Å²) in [5.74, 6) is 0. The number of unbranched alkanes of at least 4 members (excludes halogenated alkanes) is 2. The summed E-state index contributed by atoms with van der Waals surface area (Å²) >= 11 is 0. The van der Waals surface area contributed by atoms with E-state index in [0.717, 1.165) is 38.9 Å². The molecule has 0 radical (unpaired) electrons. The summed E-state index contributed by atoms with van der Waals surface area (Å²) in [6.07, 6.45) is 3.97. The molecule has 0 atom stereocenters. The van der Waals surface area contributed by atoms with Crippen molar-refractivity contribution in [3.63, 3.8) is 0 Å². The predicted molar refractivity (Wildman–Crippen MR) is 63.7 cm³/mol. The van der Waals surface area contributed by atoms with E-state index in [1.54, 1.807) is 0 Å². The van der Waals surface area contributed by atoms with Gasteiger partial charge < -0.3 is 19.3 Å². The molecule has 0 aromatic rings. The molecule has 0 spiro atoms. The molecule has 0 saturated carbocycles. The van der Waals surface area contributed by atoms with Crippen LogP contribution in [0.5, 0.6) is 0 Å². The molecule has 0 saturated heterocycles. The first-order valence-electron chi connectivity index (χ1n) is 6.26. The SMILES string of the molecule is CCCOCCOCCOCCCCCO. The lowest BCUT2D eigenvalue weighted by Gasteiger charge is -2.06. The third-order valence-corrected chi connectivity index (χ3v) is 2.04. The van der Waals surface area contributed by atoms with Gasteiger partial charge in [-0.25, -0.2) is 0 Å². The van der Waals surface area contributed by atoms with E-state index in [1.807, 2.05) is 0 Å². The van der Waals surface area contributed by atoms with Crippen molar-refractivity contribution < 1.29 is 19.3 Å². The number of ether oxygens (including phenoxy) is 3. The third kappa shape index (κ3) is 13.8. The Kier molecular flexibility index (Phi) is 14.7. The van der Waals surface area contributed by atoms with Crippen LogP contribution in [0.4, 0.5) is 0 Å². The Morgan fingerprint density at radius 3 is 1.81 bits per heavy atom. The van der Waals surface area contributed by atoms with E-state index in [9.17, 15) is 0 Å². The average Bonchev–Trinajstić information content (AvgIpc) is 2.31. The number of aliphatic hydroxyl groups excluding tert-OH is 1. The van der Waals surface area contributed by atoms with Gasteiger partial charge in [0.25, 0.3) is 0 Å². The molecular formula is C12H26O4. The van der Waals surface area contributed by atoms with Crippen molar-refractivity contribution in [1.82, 2.24) is 0 Å². The van der Waals surface area contributed by atoms with Gasteiger partial charge in [-0.15, -0.1) is 0 Å². The minimum Gasteiger partial charge on any atom is -0.396 e. The van der Waals surface area contributed by atoms with Crippen LogP contribution in [0.15, 0.2) is 0 Å². The standard InChI is InChI=1S/C12H26O4/c1-2-7-14-9-11-16-12-10-15-8-5-3-4-6-13/h13H,2-12H2,1H3. The monoisotopic (exact) mass is 234 g/mol. The fraction of sp³-hybridized carbons (Fsp3) is 1.00. The molecular weight excluding hydrogens is 208 g/mol. The maximum absolute atomic E-state index is 8.55. The van der Waals surface area contributed by atoms with Gasteiger partial charge in [0.15, 0.2) is 0 Å². The number of hydrogen-bond donors (Lipinski definition) is 1. The van der Waals surface area contributed by atoms with E-state index >= 15 is 0 Å². The van der Waals surface area contributed by atoms with Crippen LogP contribution >= 0.6 is 0 Å². The lowest BCUT2D eigenvalue weighted by molar-refractivity contribution is 0.0139. The van der Waals surface area contributed by atoms with E-state index in [2.05, 4.69) is 6.92 Å². The molecule has 1 N–H and O–H groups in total. The second-order valence-corrected chi connectivity index (χ2v) is 3.62. The first kappa shape index (κ1) is 15.8. The van der Waals surface area contributed by atoms with Crippen LogP contribution in [0.1, 0.15) is 32.6 Å². The van der Waals surface area contributed by atoms with Gasteiger partial charge in [-0.3, -0.25) is 0 Å². The molecule has 0 aliphatic rings. The highest BCUT2D eigenvalue weighted by Crippen LogP contribution is 1.94. The van der Waals surface area contributed by atoms with E-state index < -0.39 is 0 Å². The van der Waals surface area contributed by atoms with Crippen LogP contribution in [0.3, 0.4) is 0 Å². The molecule has 0 unspecified atom stereocenters. The first-order chi connectivity index (χ1) is 7.91. The van der Waals surface area contributed by atoms with Gasteiger partial charge in [0, 0.05) is 19.8 Å². The van der Waals surface area contributed by atoms with Gasteiger partial charge in [-0.1, -0.05) is 6.92 Å². The maximum Gasteiger partial charge on any atom is 0.0701 e. The third-order valence-electron chi connectivity index (χ3n) is 2.04. The largest absolute Gasteiger partial charge is 0.396 e. The Morgan fingerprint density at radius 1 is 0.688 bits per heavy atom. The van der Waals surface area contributed by atoms with Crippen molar-refractivity contribution in [3.05, 3.63) is 0 Å². The number of hydrogen-bond acceptors (Lipinski definition) is 4. The van der Waals surface area contributed by atoms with Gasteiger partial charge in [0.1, 0.15) is 0 Å². The molecule has 0 aliphatic carbocycles. The molecule has 0 bridgehead atoms. The van der Waals surface area contributed by atoms with Crippen LogP contribution in [0.25, 0.3) is 0 Å². The molecule has 0 aromatic heterocycles. The summed E-state index contributed by atoms with van der Waals surface area (Å²) in [5, 5.41) is 8.55. The zero-order valence-corrected chi connectivity index (χ0v) is 10.5. The minimum absolute atomic E-state index is 0.279. The molecule has 4 nitrogen and oxygen atoms in total. The van der Waals surface area contributed by atoms with Gasteiger partial charge >= 0.3 is 0 Å². The first-order valence-corrected chi connectivity index (χ1v) is 6.26. The van der Waals surface area contributed by atoms with Crippen molar-refractivity contribution in [2.75, 3.05) is 46.2 Å². The van der Waals surface area contributed by atoms with Gasteiger partial charge in [-0.05, 0) is 25.7 Å². The Morgan fingerprint density at radius 2 is 1.25 bits per heavy atom. The van der Waals surface area contributed by atoms with E-state index in [0.29, 0.717) is 26.4 Å². The minimum atomic E-state index is 0.279.